The second-order valence-electron chi connectivity index (χ2n) is 16.9. The molecule has 12 aromatic rings. The molecule has 12 rings (SSSR count). The Morgan fingerprint density at radius 1 is 0.246 bits per heavy atom. The molecule has 0 aliphatic rings. The maximum absolute atomic E-state index is 5.03. The van der Waals surface area contributed by atoms with Gasteiger partial charge in [-0.25, -0.2) is 15.0 Å². The van der Waals surface area contributed by atoms with E-state index in [-0.39, 0.29) is 0 Å². The Morgan fingerprint density at radius 2 is 0.536 bits per heavy atom. The third-order valence-corrected chi connectivity index (χ3v) is 12.6. The van der Waals surface area contributed by atoms with Gasteiger partial charge in [0.15, 0.2) is 17.5 Å². The second-order valence-corrected chi connectivity index (χ2v) is 16.9. The topological polar surface area (TPSA) is 50.1 Å². The highest BCUT2D eigenvalue weighted by Crippen LogP contribution is 2.43. The summed E-state index contributed by atoms with van der Waals surface area (Å²) in [6, 6.07) is 93.7. The number of hydrogen-bond donors (Lipinski definition) is 0. The molecular formula is C63H44N6. The molecule has 0 spiro atoms. The van der Waals surface area contributed by atoms with Gasteiger partial charge < -0.3 is 14.4 Å². The van der Waals surface area contributed by atoms with E-state index < -0.39 is 0 Å². The minimum atomic E-state index is 0.616. The SMILES string of the molecule is c1ccc(-c2ccc(N(c3ccccc3)c3ccc4c(c3)c3cc(N(c5ccccc5)c5ccccc5)ccc3n4-c3ccc(-c4nc(-c5ccccc5)nc(-c5ccccc5)n4)cc3)cc2)cc1. The highest BCUT2D eigenvalue weighted by Gasteiger charge is 2.21. The van der Waals surface area contributed by atoms with Crippen molar-refractivity contribution in [2.75, 3.05) is 9.80 Å². The fraction of sp³-hybridized carbons (Fsp3) is 0. The van der Waals surface area contributed by atoms with Crippen molar-refractivity contribution >= 4 is 55.9 Å². The van der Waals surface area contributed by atoms with Gasteiger partial charge in [-0.3, -0.25) is 0 Å². The van der Waals surface area contributed by atoms with E-state index in [4.69, 9.17) is 15.0 Å². The van der Waals surface area contributed by atoms with E-state index in [1.165, 1.54) is 11.1 Å². The Kier molecular flexibility index (Phi) is 10.8. The molecule has 2 aromatic heterocycles. The summed E-state index contributed by atoms with van der Waals surface area (Å²) in [6.45, 7) is 0. The summed E-state index contributed by atoms with van der Waals surface area (Å²) in [5, 5.41) is 2.27. The number of rotatable bonds is 11. The van der Waals surface area contributed by atoms with Gasteiger partial charge in [0.25, 0.3) is 0 Å². The van der Waals surface area contributed by atoms with Crippen molar-refractivity contribution in [2.24, 2.45) is 0 Å². The maximum Gasteiger partial charge on any atom is 0.164 e. The number of aromatic nitrogens is 4. The van der Waals surface area contributed by atoms with Gasteiger partial charge in [0.2, 0.25) is 0 Å². The summed E-state index contributed by atoms with van der Waals surface area (Å²) in [4.78, 5) is 19.6. The van der Waals surface area contributed by atoms with Crippen molar-refractivity contribution in [2.45, 2.75) is 0 Å². The summed E-state index contributed by atoms with van der Waals surface area (Å²) in [7, 11) is 0. The molecule has 6 nitrogen and oxygen atoms in total. The first-order valence-corrected chi connectivity index (χ1v) is 23.2. The Morgan fingerprint density at radius 3 is 0.928 bits per heavy atom. The van der Waals surface area contributed by atoms with Crippen molar-refractivity contribution < 1.29 is 0 Å². The minimum Gasteiger partial charge on any atom is -0.310 e. The monoisotopic (exact) mass is 884 g/mol. The summed E-state index contributed by atoms with van der Waals surface area (Å²) in [6.07, 6.45) is 0. The normalized spacial score (nSPS) is 11.2. The van der Waals surface area contributed by atoms with Crippen LogP contribution in [0, 0.1) is 0 Å². The molecule has 69 heavy (non-hydrogen) atoms. The fourth-order valence-corrected chi connectivity index (χ4v) is 9.31. The van der Waals surface area contributed by atoms with Crippen molar-refractivity contribution in [3.05, 3.63) is 267 Å². The molecular weight excluding hydrogens is 841 g/mol. The smallest absolute Gasteiger partial charge is 0.164 e. The second kappa shape index (κ2) is 18.1. The number of hydrogen-bond acceptors (Lipinski definition) is 5. The lowest BCUT2D eigenvalue weighted by Crippen LogP contribution is -2.09. The van der Waals surface area contributed by atoms with Gasteiger partial charge in [-0.05, 0) is 120 Å². The average molecular weight is 885 g/mol. The zero-order chi connectivity index (χ0) is 45.9. The van der Waals surface area contributed by atoms with Crippen LogP contribution in [0.4, 0.5) is 34.1 Å². The molecule has 0 unspecified atom stereocenters. The molecule has 0 fully saturated rings. The van der Waals surface area contributed by atoms with Gasteiger partial charge >= 0.3 is 0 Å². The van der Waals surface area contributed by atoms with Crippen LogP contribution in [0.1, 0.15) is 0 Å². The molecule has 0 bridgehead atoms. The molecule has 0 radical (unpaired) electrons. The zero-order valence-corrected chi connectivity index (χ0v) is 37.6. The number of para-hydroxylation sites is 3. The Balaban J connectivity index is 1.02. The molecule has 326 valence electrons. The lowest BCUT2D eigenvalue weighted by atomic mass is 10.0. The Bertz CT molecular complexity index is 3580. The minimum absolute atomic E-state index is 0.616. The standard InChI is InChI=1S/C63H44N6/c1-7-19-45(20-8-1)46-31-35-53(36-32-46)68(52-29-17-6-18-30-52)56-40-42-60-58(44-56)57-43-55(67(50-25-13-4-14-26-50)51-27-15-5-16-28-51)39-41-59(57)69(60)54-37-33-49(34-38-54)63-65-61(47-21-9-2-10-22-47)64-62(66-63)48-23-11-3-12-24-48/h1-44H. The Labute approximate surface area is 401 Å². The molecule has 0 aliphatic heterocycles. The lowest BCUT2D eigenvalue weighted by molar-refractivity contribution is 1.07. The molecule has 0 saturated carbocycles. The van der Waals surface area contributed by atoms with E-state index in [2.05, 4.69) is 221 Å². The van der Waals surface area contributed by atoms with Crippen molar-refractivity contribution in [3.8, 4) is 51.0 Å². The van der Waals surface area contributed by atoms with E-state index >= 15 is 0 Å². The summed E-state index contributed by atoms with van der Waals surface area (Å²) in [5.74, 6) is 1.88. The van der Waals surface area contributed by atoms with Crippen LogP contribution < -0.4 is 9.80 Å². The van der Waals surface area contributed by atoms with Crippen LogP contribution in [0.3, 0.4) is 0 Å². The van der Waals surface area contributed by atoms with Crippen molar-refractivity contribution in [1.29, 1.82) is 0 Å². The molecule has 10 aromatic carbocycles. The van der Waals surface area contributed by atoms with Gasteiger partial charge in [0.05, 0.1) is 11.0 Å². The largest absolute Gasteiger partial charge is 0.310 e. The summed E-state index contributed by atoms with van der Waals surface area (Å²) >= 11 is 0. The first-order chi connectivity index (χ1) is 34.2. The highest BCUT2D eigenvalue weighted by atomic mass is 15.2. The predicted octanol–water partition coefficient (Wildman–Crippen LogP) is 16.6. The third-order valence-electron chi connectivity index (χ3n) is 12.6. The van der Waals surface area contributed by atoms with E-state index in [0.29, 0.717) is 17.5 Å². The van der Waals surface area contributed by atoms with Gasteiger partial charge in [-0.15, -0.1) is 0 Å². The van der Waals surface area contributed by atoms with E-state index in [1.54, 1.807) is 0 Å². The van der Waals surface area contributed by atoms with Crippen LogP contribution >= 0.6 is 0 Å². The molecule has 0 amide bonds. The van der Waals surface area contributed by atoms with Gasteiger partial charge in [-0.1, -0.05) is 158 Å². The van der Waals surface area contributed by atoms with Crippen LogP contribution in [0.2, 0.25) is 0 Å². The summed E-state index contributed by atoms with van der Waals surface area (Å²) < 4.78 is 2.37. The molecule has 0 N–H and O–H groups in total. The lowest BCUT2D eigenvalue weighted by Gasteiger charge is -2.26. The predicted molar refractivity (Wildman–Crippen MR) is 285 cm³/mol. The van der Waals surface area contributed by atoms with Crippen molar-refractivity contribution in [1.82, 2.24) is 19.5 Å². The molecule has 2 heterocycles. The van der Waals surface area contributed by atoms with Gasteiger partial charge in [0.1, 0.15) is 0 Å². The van der Waals surface area contributed by atoms with Crippen molar-refractivity contribution in [3.63, 3.8) is 0 Å². The zero-order valence-electron chi connectivity index (χ0n) is 37.6. The van der Waals surface area contributed by atoms with E-state index in [0.717, 1.165) is 78.3 Å². The van der Waals surface area contributed by atoms with Crippen LogP contribution in [-0.4, -0.2) is 19.5 Å². The first-order valence-electron chi connectivity index (χ1n) is 23.2. The molecule has 0 saturated heterocycles. The number of nitrogens with zero attached hydrogens (tertiary/aromatic N) is 6. The maximum atomic E-state index is 5.03. The first kappa shape index (κ1) is 41.1. The fourth-order valence-electron chi connectivity index (χ4n) is 9.31. The molecule has 0 atom stereocenters. The molecule has 0 aliphatic carbocycles. The number of benzene rings is 10. The Hall–Kier alpha value is -9.39. The van der Waals surface area contributed by atoms with Crippen LogP contribution in [0.25, 0.3) is 72.8 Å². The van der Waals surface area contributed by atoms with Crippen LogP contribution in [-0.2, 0) is 0 Å². The van der Waals surface area contributed by atoms with Gasteiger partial charge in [0, 0.05) is 67.3 Å². The average Bonchev–Trinajstić information content (AvgIpc) is 3.76. The quantitative estimate of drug-likeness (QED) is 0.130. The summed E-state index contributed by atoms with van der Waals surface area (Å²) in [5.41, 5.74) is 14.8. The van der Waals surface area contributed by atoms with Crippen LogP contribution in [0.5, 0.6) is 0 Å². The number of fused-ring (bicyclic) bond motifs is 3. The van der Waals surface area contributed by atoms with E-state index in [1.807, 2.05) is 60.7 Å². The third kappa shape index (κ3) is 8.06. The highest BCUT2D eigenvalue weighted by molar-refractivity contribution is 6.12. The van der Waals surface area contributed by atoms with E-state index in [9.17, 15) is 0 Å². The van der Waals surface area contributed by atoms with Crippen LogP contribution in [0.15, 0.2) is 267 Å². The van der Waals surface area contributed by atoms with Gasteiger partial charge in [-0.2, -0.15) is 0 Å². The molecule has 6 heteroatoms. The number of anilines is 6.